The van der Waals surface area contributed by atoms with E-state index in [9.17, 15) is 13.5 Å². The number of nitrogens with zero attached hydrogens (tertiary/aromatic N) is 3. The first-order chi connectivity index (χ1) is 10.2. The summed E-state index contributed by atoms with van der Waals surface area (Å²) in [7, 11) is -3.63. The van der Waals surface area contributed by atoms with Gasteiger partial charge in [-0.2, -0.15) is 9.29 Å². The number of aryl methyl sites for hydroxylation is 3. The van der Waals surface area contributed by atoms with Crippen LogP contribution in [0, 0.1) is 20.8 Å². The second-order valence-corrected chi connectivity index (χ2v) is 8.91. The van der Waals surface area contributed by atoms with E-state index < -0.39 is 15.6 Å². The van der Waals surface area contributed by atoms with E-state index in [1.54, 1.807) is 19.9 Å². The molecule has 1 aliphatic heterocycles. The van der Waals surface area contributed by atoms with Crippen LogP contribution in [0.1, 0.15) is 27.9 Å². The van der Waals surface area contributed by atoms with Gasteiger partial charge in [0, 0.05) is 22.7 Å². The topological polar surface area (TPSA) is 96.5 Å². The van der Waals surface area contributed by atoms with Crippen LogP contribution in [0.4, 0.5) is 0 Å². The molecular weight excluding hydrogens is 326 g/mol. The molecular formula is C13H17N3O4S2. The molecule has 0 spiro atoms. The van der Waals surface area contributed by atoms with Crippen molar-refractivity contribution in [2.45, 2.75) is 37.7 Å². The van der Waals surface area contributed by atoms with Gasteiger partial charge in [-0.1, -0.05) is 5.16 Å². The standard InChI is InChI=1S/C13H17N3O4S2/c1-8-6-11(9(2)21-8)22(18,19)16-5-4-13(17,7-16)12-14-10(3)15-20-12/h6,17H,4-5,7H2,1-3H3/t13-/m1/s1. The van der Waals surface area contributed by atoms with E-state index in [1.165, 1.54) is 15.6 Å². The molecule has 2 aromatic heterocycles. The Kier molecular flexibility index (Phi) is 3.63. The van der Waals surface area contributed by atoms with Gasteiger partial charge in [0.1, 0.15) is 0 Å². The SMILES string of the molecule is Cc1noc([C@@]2(O)CCN(S(=O)(=O)c3cc(C)sc3C)C2)n1. The van der Waals surface area contributed by atoms with E-state index in [1.807, 2.05) is 6.92 Å². The number of sulfonamides is 1. The lowest BCUT2D eigenvalue weighted by Crippen LogP contribution is -2.34. The fourth-order valence-corrected chi connectivity index (χ4v) is 5.65. The summed E-state index contributed by atoms with van der Waals surface area (Å²) in [5, 5.41) is 14.3. The largest absolute Gasteiger partial charge is 0.379 e. The molecule has 0 radical (unpaired) electrons. The monoisotopic (exact) mass is 343 g/mol. The van der Waals surface area contributed by atoms with E-state index >= 15 is 0 Å². The van der Waals surface area contributed by atoms with Gasteiger partial charge in [0.2, 0.25) is 10.0 Å². The highest BCUT2D eigenvalue weighted by molar-refractivity contribution is 7.89. The molecule has 0 amide bonds. The number of β-amino-alcohol motifs (C(OH)–C–C–N with tert-alkyl or cyclic N) is 1. The van der Waals surface area contributed by atoms with Crippen LogP contribution in [0.15, 0.2) is 15.5 Å². The highest BCUT2D eigenvalue weighted by atomic mass is 32.2. The first-order valence-corrected chi connectivity index (χ1v) is 9.08. The van der Waals surface area contributed by atoms with Gasteiger partial charge in [-0.15, -0.1) is 11.3 Å². The average Bonchev–Trinajstić information content (AvgIpc) is 3.10. The highest BCUT2D eigenvalue weighted by Gasteiger charge is 2.47. The molecule has 1 N–H and O–H groups in total. The van der Waals surface area contributed by atoms with Gasteiger partial charge in [-0.25, -0.2) is 8.42 Å². The fraction of sp³-hybridized carbons (Fsp3) is 0.538. The van der Waals surface area contributed by atoms with Gasteiger partial charge >= 0.3 is 0 Å². The van der Waals surface area contributed by atoms with Crippen LogP contribution >= 0.6 is 11.3 Å². The van der Waals surface area contributed by atoms with Crippen molar-refractivity contribution in [3.8, 4) is 0 Å². The number of hydrogen-bond donors (Lipinski definition) is 1. The number of thiophene rings is 1. The summed E-state index contributed by atoms with van der Waals surface area (Å²) in [5.74, 6) is 0.481. The lowest BCUT2D eigenvalue weighted by molar-refractivity contribution is 0.0194. The summed E-state index contributed by atoms with van der Waals surface area (Å²) >= 11 is 1.45. The van der Waals surface area contributed by atoms with Crippen LogP contribution in [0.3, 0.4) is 0 Å². The van der Waals surface area contributed by atoms with Crippen LogP contribution in [-0.4, -0.2) is 41.1 Å². The number of aromatic nitrogens is 2. The van der Waals surface area contributed by atoms with Crippen LogP contribution in [-0.2, 0) is 15.6 Å². The minimum atomic E-state index is -3.63. The third-order valence-electron chi connectivity index (χ3n) is 3.75. The Morgan fingerprint density at radius 1 is 1.41 bits per heavy atom. The molecule has 1 fully saturated rings. The van der Waals surface area contributed by atoms with Crippen molar-refractivity contribution in [2.75, 3.05) is 13.1 Å². The lowest BCUT2D eigenvalue weighted by Gasteiger charge is -2.19. The molecule has 22 heavy (non-hydrogen) atoms. The fourth-order valence-electron chi connectivity index (χ4n) is 2.63. The maximum atomic E-state index is 12.7. The summed E-state index contributed by atoms with van der Waals surface area (Å²) in [6, 6.07) is 1.67. The maximum Gasteiger partial charge on any atom is 0.260 e. The molecule has 0 aromatic carbocycles. The van der Waals surface area contributed by atoms with Crippen LogP contribution < -0.4 is 0 Å². The minimum absolute atomic E-state index is 0.0703. The molecule has 9 heteroatoms. The summed E-state index contributed by atoms with van der Waals surface area (Å²) in [4.78, 5) is 6.03. The van der Waals surface area contributed by atoms with Crippen molar-refractivity contribution in [3.63, 3.8) is 0 Å². The summed E-state index contributed by atoms with van der Waals surface area (Å²) < 4.78 is 31.8. The predicted octanol–water partition coefficient (Wildman–Crippen LogP) is 1.34. The lowest BCUT2D eigenvalue weighted by atomic mass is 10.0. The molecule has 3 heterocycles. The second-order valence-electron chi connectivity index (χ2n) is 5.54. The summed E-state index contributed by atoms with van der Waals surface area (Å²) in [6.07, 6.45) is 0.232. The Bertz CT molecular complexity index is 811. The molecule has 7 nitrogen and oxygen atoms in total. The number of aliphatic hydroxyl groups is 1. The first-order valence-electron chi connectivity index (χ1n) is 6.83. The van der Waals surface area contributed by atoms with Gasteiger partial charge in [0.25, 0.3) is 5.89 Å². The van der Waals surface area contributed by atoms with E-state index in [4.69, 9.17) is 4.52 Å². The second kappa shape index (κ2) is 5.12. The maximum absolute atomic E-state index is 12.7. The Morgan fingerprint density at radius 3 is 2.68 bits per heavy atom. The van der Waals surface area contributed by atoms with Gasteiger partial charge in [0.05, 0.1) is 11.4 Å². The van der Waals surface area contributed by atoms with Crippen molar-refractivity contribution < 1.29 is 18.0 Å². The normalized spacial score (nSPS) is 23.3. The third-order valence-corrected chi connectivity index (χ3v) is 6.82. The van der Waals surface area contributed by atoms with Gasteiger partial charge in [-0.3, -0.25) is 0 Å². The zero-order chi connectivity index (χ0) is 16.1. The van der Waals surface area contributed by atoms with Gasteiger partial charge in [-0.05, 0) is 26.8 Å². The molecule has 0 bridgehead atoms. The molecule has 120 valence electrons. The Morgan fingerprint density at radius 2 is 2.14 bits per heavy atom. The zero-order valence-corrected chi connectivity index (χ0v) is 14.2. The highest BCUT2D eigenvalue weighted by Crippen LogP contribution is 2.36. The van der Waals surface area contributed by atoms with Crippen molar-refractivity contribution in [1.29, 1.82) is 0 Å². The molecule has 2 aromatic rings. The van der Waals surface area contributed by atoms with Crippen LogP contribution in [0.5, 0.6) is 0 Å². The average molecular weight is 343 g/mol. The molecule has 1 saturated heterocycles. The Labute approximate surface area is 132 Å². The van der Waals surface area contributed by atoms with E-state index in [-0.39, 0.29) is 25.4 Å². The molecule has 0 saturated carbocycles. The Balaban J connectivity index is 1.90. The van der Waals surface area contributed by atoms with Crippen molar-refractivity contribution in [1.82, 2.24) is 14.4 Å². The smallest absolute Gasteiger partial charge is 0.260 e. The van der Waals surface area contributed by atoms with Crippen LogP contribution in [0.2, 0.25) is 0 Å². The first kappa shape index (κ1) is 15.6. The zero-order valence-electron chi connectivity index (χ0n) is 12.5. The molecule has 0 aliphatic carbocycles. The number of rotatable bonds is 3. The van der Waals surface area contributed by atoms with Crippen molar-refractivity contribution in [3.05, 3.63) is 27.5 Å². The number of hydrogen-bond acceptors (Lipinski definition) is 7. The molecule has 0 unspecified atom stereocenters. The predicted molar refractivity (Wildman–Crippen MR) is 80.1 cm³/mol. The molecule has 1 aliphatic rings. The van der Waals surface area contributed by atoms with Gasteiger partial charge in [0.15, 0.2) is 11.4 Å². The quantitative estimate of drug-likeness (QED) is 0.903. The van der Waals surface area contributed by atoms with E-state index in [0.717, 1.165) is 9.75 Å². The van der Waals surface area contributed by atoms with Crippen LogP contribution in [0.25, 0.3) is 0 Å². The summed E-state index contributed by atoms with van der Waals surface area (Å²) in [6.45, 7) is 5.45. The van der Waals surface area contributed by atoms with E-state index in [0.29, 0.717) is 10.7 Å². The van der Waals surface area contributed by atoms with Crippen molar-refractivity contribution >= 4 is 21.4 Å². The third kappa shape index (κ3) is 2.47. The van der Waals surface area contributed by atoms with Gasteiger partial charge < -0.3 is 9.63 Å². The van der Waals surface area contributed by atoms with Crippen molar-refractivity contribution in [2.24, 2.45) is 0 Å². The van der Waals surface area contributed by atoms with E-state index in [2.05, 4.69) is 10.1 Å². The minimum Gasteiger partial charge on any atom is -0.379 e. The molecule has 3 rings (SSSR count). The Hall–Kier alpha value is -1.29. The summed E-state index contributed by atoms with van der Waals surface area (Å²) in [5.41, 5.74) is -1.42. The molecule has 1 atom stereocenters.